The Bertz CT molecular complexity index is 607. The van der Waals surface area contributed by atoms with Gasteiger partial charge in [0.05, 0.1) is 5.75 Å². The Morgan fingerprint density at radius 2 is 1.56 bits per heavy atom. The van der Waals surface area contributed by atoms with Gasteiger partial charge in [-0.25, -0.2) is 8.42 Å². The molecular formula is C13H11ClO2S2. The Balaban J connectivity index is 2.10. The Hall–Kier alpha value is -0.970. The topological polar surface area (TPSA) is 34.1 Å². The van der Waals surface area contributed by atoms with Crippen molar-refractivity contribution in [1.29, 1.82) is 0 Å². The van der Waals surface area contributed by atoms with E-state index in [2.05, 4.69) is 0 Å². The van der Waals surface area contributed by atoms with E-state index >= 15 is 0 Å². The lowest BCUT2D eigenvalue weighted by Crippen LogP contribution is -1.98. The van der Waals surface area contributed by atoms with Crippen LogP contribution in [0.5, 0.6) is 0 Å². The first kappa shape index (κ1) is 13.5. The summed E-state index contributed by atoms with van der Waals surface area (Å²) in [6, 6.07) is 15.9. The summed E-state index contributed by atoms with van der Waals surface area (Å²) < 4.78 is 24.0. The van der Waals surface area contributed by atoms with Gasteiger partial charge in [0.15, 0.2) is 0 Å². The third-order valence-corrected chi connectivity index (χ3v) is 5.57. The van der Waals surface area contributed by atoms with Crippen LogP contribution >= 0.6 is 22.4 Å². The summed E-state index contributed by atoms with van der Waals surface area (Å²) >= 11 is 5.75. The maximum atomic E-state index is 12.0. The van der Waals surface area contributed by atoms with Crippen LogP contribution in [0.25, 0.3) is 0 Å². The Morgan fingerprint density at radius 1 is 0.944 bits per heavy atom. The number of hydrogen-bond donors (Lipinski definition) is 0. The van der Waals surface area contributed by atoms with Crippen molar-refractivity contribution >= 4 is 31.3 Å². The molecule has 0 spiro atoms. The zero-order chi connectivity index (χ0) is 13.0. The predicted octanol–water partition coefficient (Wildman–Crippen LogP) is 3.96. The second-order valence-corrected chi connectivity index (χ2v) is 8.23. The molecule has 5 heteroatoms. The molecule has 0 N–H and O–H groups in total. The van der Waals surface area contributed by atoms with Crippen LogP contribution < -0.4 is 0 Å². The molecule has 0 saturated heterocycles. The van der Waals surface area contributed by atoms with Gasteiger partial charge >= 0.3 is 0 Å². The van der Waals surface area contributed by atoms with Crippen molar-refractivity contribution in [1.82, 2.24) is 0 Å². The second-order valence-electron chi connectivity index (χ2n) is 3.72. The highest BCUT2D eigenvalue weighted by molar-refractivity contribution is 8.71. The zero-order valence-electron chi connectivity index (χ0n) is 9.41. The maximum Gasteiger partial charge on any atom is 0.210 e. The van der Waals surface area contributed by atoms with Crippen LogP contribution in [0.3, 0.4) is 0 Å². The third-order valence-electron chi connectivity index (χ3n) is 2.22. The summed E-state index contributed by atoms with van der Waals surface area (Å²) in [5.74, 6) is 0.0289. The first-order chi connectivity index (χ1) is 8.55. The second kappa shape index (κ2) is 5.78. The van der Waals surface area contributed by atoms with Gasteiger partial charge in [-0.05, 0) is 29.8 Å². The number of rotatable bonds is 4. The van der Waals surface area contributed by atoms with E-state index in [0.29, 0.717) is 9.92 Å². The molecule has 0 atom stereocenters. The average Bonchev–Trinajstić information content (AvgIpc) is 2.32. The number of halogens is 1. The Kier molecular flexibility index (Phi) is 4.32. The smallest absolute Gasteiger partial charge is 0.210 e. The van der Waals surface area contributed by atoms with Crippen LogP contribution in [0, 0.1) is 0 Å². The lowest BCUT2D eigenvalue weighted by Gasteiger charge is -2.04. The molecule has 0 fully saturated rings. The van der Waals surface area contributed by atoms with Gasteiger partial charge in [0.25, 0.3) is 0 Å². The first-order valence-corrected chi connectivity index (χ1v) is 8.63. The molecule has 0 aromatic heterocycles. The van der Waals surface area contributed by atoms with E-state index in [0.717, 1.165) is 16.4 Å². The van der Waals surface area contributed by atoms with Crippen molar-refractivity contribution in [2.75, 3.05) is 0 Å². The highest BCUT2D eigenvalue weighted by Gasteiger charge is 2.13. The summed E-state index contributed by atoms with van der Waals surface area (Å²) in [6.07, 6.45) is 0. The summed E-state index contributed by atoms with van der Waals surface area (Å²) in [7, 11) is -2.36. The standard InChI is InChI=1S/C13H11ClO2S2/c14-12-6-8-13(9-7-12)17-18(15,16)10-11-4-2-1-3-5-11/h1-9H,10H2. The fraction of sp³-hybridized carbons (Fsp3) is 0.0769. The van der Waals surface area contributed by atoms with Gasteiger partial charge in [0, 0.05) is 20.7 Å². The molecule has 0 aliphatic rings. The molecule has 0 unspecified atom stereocenters. The predicted molar refractivity (Wildman–Crippen MR) is 76.4 cm³/mol. The molecule has 18 heavy (non-hydrogen) atoms. The molecule has 0 amide bonds. The summed E-state index contributed by atoms with van der Waals surface area (Å²) in [5, 5.41) is 0.597. The summed E-state index contributed by atoms with van der Waals surface area (Å²) in [5.41, 5.74) is 0.791. The lowest BCUT2D eigenvalue weighted by atomic mass is 10.2. The molecule has 94 valence electrons. The molecule has 0 saturated carbocycles. The van der Waals surface area contributed by atoms with Crippen molar-refractivity contribution in [2.45, 2.75) is 10.6 Å². The average molecular weight is 299 g/mol. The zero-order valence-corrected chi connectivity index (χ0v) is 11.8. The molecule has 2 aromatic rings. The van der Waals surface area contributed by atoms with Gasteiger partial charge in [-0.3, -0.25) is 0 Å². The molecule has 2 aromatic carbocycles. The highest BCUT2D eigenvalue weighted by atomic mass is 35.5. The van der Waals surface area contributed by atoms with Gasteiger partial charge in [-0.1, -0.05) is 41.9 Å². The number of hydrogen-bond acceptors (Lipinski definition) is 3. The van der Waals surface area contributed by atoms with Crippen molar-refractivity contribution in [3.05, 3.63) is 65.2 Å². The van der Waals surface area contributed by atoms with Crippen LogP contribution in [0.1, 0.15) is 5.56 Å². The van der Waals surface area contributed by atoms with E-state index in [-0.39, 0.29) is 5.75 Å². The molecule has 0 heterocycles. The minimum Gasteiger partial charge on any atom is -0.217 e. The maximum absolute atomic E-state index is 12.0. The van der Waals surface area contributed by atoms with E-state index in [1.54, 1.807) is 36.4 Å². The van der Waals surface area contributed by atoms with E-state index in [9.17, 15) is 8.42 Å². The fourth-order valence-corrected chi connectivity index (χ4v) is 4.57. The minimum atomic E-state index is -3.23. The molecule has 0 aliphatic heterocycles. The van der Waals surface area contributed by atoms with Crippen LogP contribution in [-0.4, -0.2) is 8.42 Å². The summed E-state index contributed by atoms with van der Waals surface area (Å²) in [6.45, 7) is 0. The molecular weight excluding hydrogens is 288 g/mol. The van der Waals surface area contributed by atoms with Crippen LogP contribution in [0.15, 0.2) is 59.5 Å². The van der Waals surface area contributed by atoms with E-state index in [1.165, 1.54) is 0 Å². The summed E-state index contributed by atoms with van der Waals surface area (Å²) in [4.78, 5) is 0.676. The van der Waals surface area contributed by atoms with Crippen molar-refractivity contribution in [2.24, 2.45) is 0 Å². The molecule has 0 bridgehead atoms. The van der Waals surface area contributed by atoms with E-state index in [4.69, 9.17) is 11.6 Å². The monoisotopic (exact) mass is 298 g/mol. The van der Waals surface area contributed by atoms with Gasteiger partial charge in [-0.2, -0.15) is 0 Å². The number of benzene rings is 2. The van der Waals surface area contributed by atoms with E-state index < -0.39 is 8.87 Å². The van der Waals surface area contributed by atoms with Gasteiger partial charge in [0.2, 0.25) is 8.87 Å². The molecule has 0 radical (unpaired) electrons. The molecule has 2 nitrogen and oxygen atoms in total. The van der Waals surface area contributed by atoms with E-state index in [1.807, 2.05) is 18.2 Å². The minimum absolute atomic E-state index is 0.0289. The first-order valence-electron chi connectivity index (χ1n) is 5.27. The quantitative estimate of drug-likeness (QED) is 0.801. The van der Waals surface area contributed by atoms with Crippen LogP contribution in [0.4, 0.5) is 0 Å². The normalized spacial score (nSPS) is 11.4. The molecule has 0 aliphatic carbocycles. The van der Waals surface area contributed by atoms with Crippen LogP contribution in [-0.2, 0) is 14.6 Å². The molecule has 2 rings (SSSR count). The third kappa shape index (κ3) is 4.05. The van der Waals surface area contributed by atoms with Gasteiger partial charge in [-0.15, -0.1) is 0 Å². The fourth-order valence-electron chi connectivity index (χ4n) is 1.44. The van der Waals surface area contributed by atoms with Crippen molar-refractivity contribution < 1.29 is 8.42 Å². The Labute approximate surface area is 115 Å². The van der Waals surface area contributed by atoms with Crippen molar-refractivity contribution in [3.63, 3.8) is 0 Å². The van der Waals surface area contributed by atoms with Gasteiger partial charge in [0.1, 0.15) is 0 Å². The lowest BCUT2D eigenvalue weighted by molar-refractivity contribution is 0.610. The highest BCUT2D eigenvalue weighted by Crippen LogP contribution is 2.28. The largest absolute Gasteiger partial charge is 0.217 e. The van der Waals surface area contributed by atoms with Crippen molar-refractivity contribution in [3.8, 4) is 0 Å². The van der Waals surface area contributed by atoms with Crippen LogP contribution in [0.2, 0.25) is 5.02 Å². The SMILES string of the molecule is O=S(=O)(Cc1ccccc1)Sc1ccc(Cl)cc1. The van der Waals surface area contributed by atoms with Gasteiger partial charge < -0.3 is 0 Å². The Morgan fingerprint density at radius 3 is 2.17 bits per heavy atom.